The fourth-order valence-electron chi connectivity index (χ4n) is 0.466. The number of allylic oxidation sites excluding steroid dienone is 3. The molecular formula is C9H13N. The lowest BCUT2D eigenvalue weighted by molar-refractivity contribution is 1.33. The Balaban J connectivity index is 3.63. The second-order valence-electron chi connectivity index (χ2n) is 1.96. The smallest absolute Gasteiger partial charge is 0.0276 e. The lowest BCUT2D eigenvalue weighted by Gasteiger charge is -1.87. The van der Waals surface area contributed by atoms with E-state index in [9.17, 15) is 0 Å². The summed E-state index contributed by atoms with van der Waals surface area (Å²) in [5.74, 6) is 0. The van der Waals surface area contributed by atoms with E-state index in [0.29, 0.717) is 0 Å². The molecular weight excluding hydrogens is 122 g/mol. The van der Waals surface area contributed by atoms with Crippen molar-refractivity contribution >= 4 is 5.71 Å². The van der Waals surface area contributed by atoms with Gasteiger partial charge in [-0.15, -0.1) is 5.73 Å². The molecule has 0 saturated carbocycles. The normalized spacial score (nSPS) is 11.6. The van der Waals surface area contributed by atoms with Crippen LogP contribution in [0.2, 0.25) is 0 Å². The second kappa shape index (κ2) is 6.06. The largest absolute Gasteiger partial charge is 0.297 e. The van der Waals surface area contributed by atoms with Gasteiger partial charge in [0, 0.05) is 19.2 Å². The van der Waals surface area contributed by atoms with Crippen LogP contribution in [0.3, 0.4) is 0 Å². The molecule has 0 rings (SSSR count). The maximum Gasteiger partial charge on any atom is 0.0276 e. The summed E-state index contributed by atoms with van der Waals surface area (Å²) in [6.07, 6.45) is 6.64. The summed E-state index contributed by atoms with van der Waals surface area (Å²) >= 11 is 0. The van der Waals surface area contributed by atoms with Crippen LogP contribution >= 0.6 is 0 Å². The molecule has 0 N–H and O–H groups in total. The highest BCUT2D eigenvalue weighted by atomic mass is 14.7. The predicted molar refractivity (Wildman–Crippen MR) is 46.5 cm³/mol. The Morgan fingerprint density at radius 2 is 2.40 bits per heavy atom. The molecule has 0 radical (unpaired) electrons. The van der Waals surface area contributed by atoms with Gasteiger partial charge in [-0.2, -0.15) is 0 Å². The third-order valence-corrected chi connectivity index (χ3v) is 1.15. The molecule has 1 heteroatoms. The van der Waals surface area contributed by atoms with Gasteiger partial charge in [0.15, 0.2) is 0 Å². The van der Waals surface area contributed by atoms with Gasteiger partial charge in [-0.1, -0.05) is 18.7 Å². The minimum absolute atomic E-state index is 0.911. The van der Waals surface area contributed by atoms with E-state index in [1.165, 1.54) is 0 Å². The van der Waals surface area contributed by atoms with Gasteiger partial charge >= 0.3 is 0 Å². The van der Waals surface area contributed by atoms with Crippen LogP contribution < -0.4 is 0 Å². The van der Waals surface area contributed by atoms with Crippen molar-refractivity contribution in [2.75, 3.05) is 7.05 Å². The SMILES string of the molecule is C=C=C/C=C\CC(C)=NC. The van der Waals surface area contributed by atoms with E-state index >= 15 is 0 Å². The number of nitrogens with zero attached hydrogens (tertiary/aromatic N) is 1. The minimum atomic E-state index is 0.911. The molecule has 0 spiro atoms. The van der Waals surface area contributed by atoms with Crippen LogP contribution in [0.5, 0.6) is 0 Å². The molecule has 1 nitrogen and oxygen atoms in total. The van der Waals surface area contributed by atoms with E-state index in [0.717, 1.165) is 12.1 Å². The summed E-state index contributed by atoms with van der Waals surface area (Å²) < 4.78 is 0. The molecule has 0 aromatic heterocycles. The van der Waals surface area contributed by atoms with Crippen LogP contribution in [0, 0.1) is 0 Å². The molecule has 0 aliphatic carbocycles. The van der Waals surface area contributed by atoms with Gasteiger partial charge in [-0.3, -0.25) is 4.99 Å². The summed E-state index contributed by atoms with van der Waals surface area (Å²) in [7, 11) is 1.80. The maximum absolute atomic E-state index is 4.00. The zero-order valence-electron chi connectivity index (χ0n) is 6.59. The van der Waals surface area contributed by atoms with Crippen molar-refractivity contribution in [2.45, 2.75) is 13.3 Å². The van der Waals surface area contributed by atoms with Gasteiger partial charge < -0.3 is 0 Å². The molecule has 0 aromatic rings. The van der Waals surface area contributed by atoms with Crippen molar-refractivity contribution in [3.05, 3.63) is 30.5 Å². The highest BCUT2D eigenvalue weighted by Crippen LogP contribution is 1.87. The molecule has 0 bridgehead atoms. The molecule has 10 heavy (non-hydrogen) atoms. The van der Waals surface area contributed by atoms with Crippen molar-refractivity contribution in [2.24, 2.45) is 4.99 Å². The number of hydrogen-bond acceptors (Lipinski definition) is 1. The zero-order valence-corrected chi connectivity index (χ0v) is 6.59. The average Bonchev–Trinajstić information content (AvgIpc) is 1.98. The first-order valence-corrected chi connectivity index (χ1v) is 3.24. The first-order valence-electron chi connectivity index (χ1n) is 3.24. The summed E-state index contributed by atoms with van der Waals surface area (Å²) in [4.78, 5) is 4.00. The first kappa shape index (κ1) is 8.93. The van der Waals surface area contributed by atoms with E-state index in [-0.39, 0.29) is 0 Å². The van der Waals surface area contributed by atoms with Gasteiger partial charge in [0.1, 0.15) is 0 Å². The Morgan fingerprint density at radius 3 is 2.90 bits per heavy atom. The van der Waals surface area contributed by atoms with Crippen LogP contribution in [-0.4, -0.2) is 12.8 Å². The topological polar surface area (TPSA) is 12.4 Å². The van der Waals surface area contributed by atoms with E-state index in [1.54, 1.807) is 13.1 Å². The standard InChI is InChI=1S/C9H13N/c1-4-5-6-7-8-9(2)10-3/h5-7H,1,8H2,2-3H3/b7-6-,10-9?. The Morgan fingerprint density at radius 1 is 1.70 bits per heavy atom. The fraction of sp³-hybridized carbons (Fsp3) is 0.333. The molecule has 0 fully saturated rings. The van der Waals surface area contributed by atoms with Crippen LogP contribution in [0.25, 0.3) is 0 Å². The third kappa shape index (κ3) is 5.07. The summed E-state index contributed by atoms with van der Waals surface area (Å²) in [5, 5.41) is 0. The molecule has 0 aromatic carbocycles. The Labute approximate surface area is 62.5 Å². The highest BCUT2D eigenvalue weighted by Gasteiger charge is 1.80. The average molecular weight is 135 g/mol. The van der Waals surface area contributed by atoms with Crippen LogP contribution in [0.15, 0.2) is 35.5 Å². The maximum atomic E-state index is 4.00. The van der Waals surface area contributed by atoms with Crippen molar-refractivity contribution < 1.29 is 0 Å². The van der Waals surface area contributed by atoms with Crippen molar-refractivity contribution in [3.63, 3.8) is 0 Å². The molecule has 0 aliphatic heterocycles. The molecule has 0 heterocycles. The first-order chi connectivity index (χ1) is 4.81. The Kier molecular flexibility index (Phi) is 5.41. The van der Waals surface area contributed by atoms with E-state index in [1.807, 2.05) is 19.1 Å². The molecule has 0 unspecified atom stereocenters. The van der Waals surface area contributed by atoms with Gasteiger partial charge in [-0.05, 0) is 13.0 Å². The van der Waals surface area contributed by atoms with E-state index < -0.39 is 0 Å². The number of aliphatic imine (C=N–C) groups is 1. The molecule has 0 saturated heterocycles. The molecule has 54 valence electrons. The number of hydrogen-bond donors (Lipinski definition) is 0. The Bertz CT molecular complexity index is 181. The highest BCUT2D eigenvalue weighted by molar-refractivity contribution is 5.83. The molecule has 0 atom stereocenters. The summed E-state index contributed by atoms with van der Waals surface area (Å²) in [6, 6.07) is 0. The van der Waals surface area contributed by atoms with E-state index in [2.05, 4.69) is 17.3 Å². The van der Waals surface area contributed by atoms with Crippen molar-refractivity contribution in [1.82, 2.24) is 0 Å². The second-order valence-corrected chi connectivity index (χ2v) is 1.96. The van der Waals surface area contributed by atoms with E-state index in [4.69, 9.17) is 0 Å². The Hall–Kier alpha value is -1.07. The van der Waals surface area contributed by atoms with Crippen LogP contribution in [0.1, 0.15) is 13.3 Å². The van der Waals surface area contributed by atoms with Gasteiger partial charge in [-0.25, -0.2) is 0 Å². The minimum Gasteiger partial charge on any atom is -0.297 e. The van der Waals surface area contributed by atoms with Gasteiger partial charge in [0.05, 0.1) is 0 Å². The van der Waals surface area contributed by atoms with Crippen molar-refractivity contribution in [1.29, 1.82) is 0 Å². The van der Waals surface area contributed by atoms with Gasteiger partial charge in [0.2, 0.25) is 0 Å². The van der Waals surface area contributed by atoms with Crippen LogP contribution in [-0.2, 0) is 0 Å². The fourth-order valence-corrected chi connectivity index (χ4v) is 0.466. The lowest BCUT2D eigenvalue weighted by Crippen LogP contribution is -1.85. The third-order valence-electron chi connectivity index (χ3n) is 1.15. The molecule has 0 aliphatic rings. The summed E-state index contributed by atoms with van der Waals surface area (Å²) in [5.41, 5.74) is 3.79. The van der Waals surface area contributed by atoms with Gasteiger partial charge in [0.25, 0.3) is 0 Å². The van der Waals surface area contributed by atoms with Crippen molar-refractivity contribution in [3.8, 4) is 0 Å². The predicted octanol–water partition coefficient (Wildman–Crippen LogP) is 2.36. The lowest BCUT2D eigenvalue weighted by atomic mass is 10.3. The zero-order chi connectivity index (χ0) is 7.82. The number of rotatable bonds is 3. The molecule has 0 amide bonds. The van der Waals surface area contributed by atoms with Crippen LogP contribution in [0.4, 0.5) is 0 Å². The monoisotopic (exact) mass is 135 g/mol. The summed E-state index contributed by atoms with van der Waals surface area (Å²) in [6.45, 7) is 5.44. The quantitative estimate of drug-likeness (QED) is 0.320.